The van der Waals surface area contributed by atoms with Crippen molar-refractivity contribution in [2.45, 2.75) is 25.7 Å². The minimum Gasteiger partial charge on any atom is -0.549 e. The van der Waals surface area contributed by atoms with E-state index < -0.39 is 8.32 Å². The zero-order valence-electron chi connectivity index (χ0n) is 13.0. The molecule has 0 bridgehead atoms. The largest absolute Gasteiger partial charge is 0.549 e. The van der Waals surface area contributed by atoms with E-state index in [4.69, 9.17) is 9.16 Å². The molecule has 1 aromatic rings. The lowest BCUT2D eigenvalue weighted by molar-refractivity contribution is 0.0245. The average Bonchev–Trinajstić information content (AvgIpc) is 2.47. The Morgan fingerprint density at radius 3 is 2.43 bits per heavy atom. The summed E-state index contributed by atoms with van der Waals surface area (Å²) < 4.78 is 12.5. The Kier molecular flexibility index (Phi) is 6.05. The fraction of sp³-hybridized carbons (Fsp3) is 0.500. The zero-order chi connectivity index (χ0) is 15.3. The summed E-state index contributed by atoms with van der Waals surface area (Å²) in [7, 11) is -1.57. The molecule has 3 nitrogen and oxygen atoms in total. The molecule has 2 rings (SSSR count). The average molecular weight is 370 g/mol. The topological polar surface area (TPSA) is 21.7 Å². The van der Waals surface area contributed by atoms with Gasteiger partial charge in [0, 0.05) is 17.6 Å². The third-order valence-corrected chi connectivity index (χ3v) is 4.76. The standard InChI is InChI=1S/C16H24BrNO2Si/c1-21(2,3)20-13-15(17)16(14-7-5-4-6-8-14)18-9-11-19-12-10-18/h4-8,13,16H,9-12H2,1-3H3/b15-13-. The maximum absolute atomic E-state index is 5.96. The van der Waals surface area contributed by atoms with Gasteiger partial charge in [-0.05, 0) is 25.2 Å². The third-order valence-electron chi connectivity index (χ3n) is 3.31. The molecule has 0 aromatic heterocycles. The molecular weight excluding hydrogens is 346 g/mol. The lowest BCUT2D eigenvalue weighted by Gasteiger charge is -2.35. The van der Waals surface area contributed by atoms with Crippen LogP contribution in [0.4, 0.5) is 0 Å². The highest BCUT2D eigenvalue weighted by Crippen LogP contribution is 2.33. The predicted octanol–water partition coefficient (Wildman–Crippen LogP) is 4.15. The molecular formula is C16H24BrNO2Si. The summed E-state index contributed by atoms with van der Waals surface area (Å²) in [5, 5.41) is 0. The number of ether oxygens (including phenoxy) is 1. The zero-order valence-corrected chi connectivity index (χ0v) is 15.6. The number of rotatable bonds is 5. The minimum absolute atomic E-state index is 0.200. The monoisotopic (exact) mass is 369 g/mol. The van der Waals surface area contributed by atoms with Crippen molar-refractivity contribution in [2.75, 3.05) is 26.3 Å². The molecule has 116 valence electrons. The van der Waals surface area contributed by atoms with Gasteiger partial charge in [-0.1, -0.05) is 46.3 Å². The SMILES string of the molecule is C[Si](C)(C)O/C=C(\Br)C(c1ccccc1)N1CCOCC1. The molecule has 5 heteroatoms. The summed E-state index contributed by atoms with van der Waals surface area (Å²) in [4.78, 5) is 2.44. The number of morpholine rings is 1. The van der Waals surface area contributed by atoms with Crippen molar-refractivity contribution < 1.29 is 9.16 Å². The molecule has 1 saturated heterocycles. The van der Waals surface area contributed by atoms with E-state index in [0.29, 0.717) is 0 Å². The first-order valence-corrected chi connectivity index (χ1v) is 11.6. The first-order chi connectivity index (χ1) is 9.97. The van der Waals surface area contributed by atoms with Gasteiger partial charge in [-0.3, -0.25) is 4.90 Å². The quantitative estimate of drug-likeness (QED) is 0.574. The highest BCUT2D eigenvalue weighted by atomic mass is 79.9. The van der Waals surface area contributed by atoms with Crippen LogP contribution in [0.5, 0.6) is 0 Å². The van der Waals surface area contributed by atoms with Crippen LogP contribution in [0.25, 0.3) is 0 Å². The Balaban J connectivity index is 2.23. The van der Waals surface area contributed by atoms with E-state index in [1.165, 1.54) is 5.56 Å². The van der Waals surface area contributed by atoms with Crippen LogP contribution >= 0.6 is 15.9 Å². The van der Waals surface area contributed by atoms with E-state index in [-0.39, 0.29) is 6.04 Å². The summed E-state index contributed by atoms with van der Waals surface area (Å²) >= 11 is 3.75. The minimum atomic E-state index is -1.57. The van der Waals surface area contributed by atoms with Gasteiger partial charge in [-0.2, -0.15) is 0 Å². The second kappa shape index (κ2) is 7.58. The number of nitrogens with zero attached hydrogens (tertiary/aromatic N) is 1. The van der Waals surface area contributed by atoms with Crippen molar-refractivity contribution in [1.29, 1.82) is 0 Å². The highest BCUT2D eigenvalue weighted by molar-refractivity contribution is 9.11. The normalized spacial score (nSPS) is 19.3. The molecule has 0 radical (unpaired) electrons. The van der Waals surface area contributed by atoms with Crippen LogP contribution in [0.1, 0.15) is 11.6 Å². The van der Waals surface area contributed by atoms with Crippen LogP contribution in [-0.2, 0) is 9.16 Å². The van der Waals surface area contributed by atoms with E-state index in [1.54, 1.807) is 0 Å². The Morgan fingerprint density at radius 1 is 1.24 bits per heavy atom. The van der Waals surface area contributed by atoms with Gasteiger partial charge in [0.1, 0.15) is 0 Å². The number of halogens is 1. The molecule has 0 aliphatic carbocycles. The van der Waals surface area contributed by atoms with Gasteiger partial charge in [0.2, 0.25) is 8.32 Å². The molecule has 0 amide bonds. The highest BCUT2D eigenvalue weighted by Gasteiger charge is 2.26. The molecule has 1 atom stereocenters. The molecule has 1 unspecified atom stereocenters. The van der Waals surface area contributed by atoms with Crippen molar-refractivity contribution in [3.05, 3.63) is 46.6 Å². The van der Waals surface area contributed by atoms with Gasteiger partial charge in [-0.25, -0.2) is 0 Å². The van der Waals surface area contributed by atoms with Crippen molar-refractivity contribution in [1.82, 2.24) is 4.90 Å². The number of hydrogen-bond acceptors (Lipinski definition) is 3. The van der Waals surface area contributed by atoms with Gasteiger partial charge in [0.25, 0.3) is 0 Å². The summed E-state index contributed by atoms with van der Waals surface area (Å²) in [5.41, 5.74) is 1.28. The molecule has 1 fully saturated rings. The van der Waals surface area contributed by atoms with E-state index in [9.17, 15) is 0 Å². The summed E-state index contributed by atoms with van der Waals surface area (Å²) in [6.07, 6.45) is 1.90. The molecule has 1 heterocycles. The lowest BCUT2D eigenvalue weighted by atomic mass is 10.0. The number of hydrogen-bond donors (Lipinski definition) is 0. The van der Waals surface area contributed by atoms with E-state index in [1.807, 2.05) is 6.26 Å². The van der Waals surface area contributed by atoms with Gasteiger partial charge in [0.15, 0.2) is 0 Å². The van der Waals surface area contributed by atoms with Crippen molar-refractivity contribution in [3.8, 4) is 0 Å². The first-order valence-electron chi connectivity index (χ1n) is 7.37. The summed E-state index contributed by atoms with van der Waals surface area (Å²) in [6.45, 7) is 10.0. The maximum Gasteiger partial charge on any atom is 0.241 e. The number of benzene rings is 1. The van der Waals surface area contributed by atoms with Gasteiger partial charge >= 0.3 is 0 Å². The van der Waals surface area contributed by atoms with Crippen LogP contribution in [0.2, 0.25) is 19.6 Å². The first kappa shape index (κ1) is 16.7. The second-order valence-electron chi connectivity index (χ2n) is 6.19. The molecule has 1 aliphatic heterocycles. The van der Waals surface area contributed by atoms with Crippen LogP contribution < -0.4 is 0 Å². The van der Waals surface area contributed by atoms with E-state index in [0.717, 1.165) is 30.8 Å². The van der Waals surface area contributed by atoms with Crippen molar-refractivity contribution in [2.24, 2.45) is 0 Å². The Hall–Kier alpha value is -0.623. The third kappa shape index (κ3) is 5.25. The van der Waals surface area contributed by atoms with Crippen LogP contribution in [-0.4, -0.2) is 39.5 Å². The summed E-state index contributed by atoms with van der Waals surface area (Å²) in [5.74, 6) is 0. The van der Waals surface area contributed by atoms with Crippen molar-refractivity contribution in [3.63, 3.8) is 0 Å². The summed E-state index contributed by atoms with van der Waals surface area (Å²) in [6, 6.07) is 10.8. The van der Waals surface area contributed by atoms with Gasteiger partial charge < -0.3 is 9.16 Å². The van der Waals surface area contributed by atoms with Gasteiger partial charge in [-0.15, -0.1) is 0 Å². The smallest absolute Gasteiger partial charge is 0.241 e. The van der Waals surface area contributed by atoms with Crippen LogP contribution in [0.3, 0.4) is 0 Å². The van der Waals surface area contributed by atoms with E-state index in [2.05, 4.69) is 70.8 Å². The lowest BCUT2D eigenvalue weighted by Crippen LogP contribution is -2.39. The van der Waals surface area contributed by atoms with Crippen LogP contribution in [0.15, 0.2) is 41.1 Å². The Morgan fingerprint density at radius 2 is 1.86 bits per heavy atom. The Bertz CT molecular complexity index is 467. The molecule has 1 aromatic carbocycles. The fourth-order valence-corrected chi connectivity index (χ4v) is 3.61. The van der Waals surface area contributed by atoms with E-state index >= 15 is 0 Å². The molecule has 21 heavy (non-hydrogen) atoms. The second-order valence-corrected chi connectivity index (χ2v) is 11.6. The molecule has 0 saturated carbocycles. The van der Waals surface area contributed by atoms with Gasteiger partial charge in [0.05, 0.1) is 25.5 Å². The molecule has 0 spiro atoms. The molecule has 0 N–H and O–H groups in total. The van der Waals surface area contributed by atoms with Crippen molar-refractivity contribution >= 4 is 24.2 Å². The fourth-order valence-electron chi connectivity index (χ4n) is 2.31. The predicted molar refractivity (Wildman–Crippen MR) is 93.0 cm³/mol. The maximum atomic E-state index is 5.96. The van der Waals surface area contributed by atoms with Crippen LogP contribution in [0, 0.1) is 0 Å². The Labute approximate surface area is 137 Å². The molecule has 1 aliphatic rings.